The van der Waals surface area contributed by atoms with E-state index >= 15 is 0 Å². The first kappa shape index (κ1) is 23.5. The molecule has 8 heteroatoms. The quantitative estimate of drug-likeness (QED) is 0.417. The van der Waals surface area contributed by atoms with Crippen LogP contribution in [0.25, 0.3) is 0 Å². The summed E-state index contributed by atoms with van der Waals surface area (Å²) in [4.78, 5) is 49.5. The topological polar surface area (TPSA) is 116 Å². The Hall–Kier alpha value is -2.74. The lowest BCUT2D eigenvalue weighted by atomic mass is 9.77. The average Bonchev–Trinajstić information content (AvgIpc) is 2.94. The van der Waals surface area contributed by atoms with Crippen molar-refractivity contribution < 1.29 is 38.5 Å². The largest absolute Gasteiger partial charge is 0.458 e. The van der Waals surface area contributed by atoms with Crippen LogP contribution in [0.3, 0.4) is 0 Å². The molecule has 0 unspecified atom stereocenters. The van der Waals surface area contributed by atoms with Gasteiger partial charge in [-0.3, -0.25) is 9.59 Å². The molecule has 0 radical (unpaired) electrons. The van der Waals surface area contributed by atoms with Crippen LogP contribution in [0.1, 0.15) is 41.0 Å². The highest BCUT2D eigenvalue weighted by Crippen LogP contribution is 2.40. The van der Waals surface area contributed by atoms with Crippen molar-refractivity contribution in [1.29, 1.82) is 0 Å². The van der Waals surface area contributed by atoms with Gasteiger partial charge in [-0.25, -0.2) is 9.59 Å². The Bertz CT molecular complexity index is 819. The van der Waals surface area contributed by atoms with Crippen LogP contribution in [0.15, 0.2) is 36.0 Å². The predicted octanol–water partition coefficient (Wildman–Crippen LogP) is 1.81. The fraction of sp³-hybridized carbons (Fsp3) is 0.545. The number of hydrogen-bond acceptors (Lipinski definition) is 8. The van der Waals surface area contributed by atoms with E-state index in [1.807, 2.05) is 6.92 Å². The van der Waals surface area contributed by atoms with E-state index in [0.717, 1.165) is 6.92 Å². The number of aliphatic hydroxyl groups is 1. The minimum atomic E-state index is -2.23. The van der Waals surface area contributed by atoms with Crippen LogP contribution in [0.2, 0.25) is 0 Å². The first-order valence-electron chi connectivity index (χ1n) is 9.76. The second-order valence-electron chi connectivity index (χ2n) is 7.95. The molecule has 0 amide bonds. The Kier molecular flexibility index (Phi) is 7.02. The van der Waals surface area contributed by atoms with E-state index in [0.29, 0.717) is 6.42 Å². The fourth-order valence-corrected chi connectivity index (χ4v) is 3.60. The summed E-state index contributed by atoms with van der Waals surface area (Å²) in [7, 11) is 0. The lowest BCUT2D eigenvalue weighted by Gasteiger charge is -2.39. The van der Waals surface area contributed by atoms with Crippen LogP contribution in [-0.2, 0) is 33.4 Å². The Morgan fingerprint density at radius 3 is 2.50 bits per heavy atom. The summed E-state index contributed by atoms with van der Waals surface area (Å²) in [5, 5.41) is 11.1. The molecule has 6 atom stereocenters. The maximum atomic E-state index is 12.7. The first-order valence-corrected chi connectivity index (χ1v) is 9.76. The lowest BCUT2D eigenvalue weighted by molar-refractivity contribution is -0.194. The molecule has 1 saturated heterocycles. The monoisotopic (exact) mass is 420 g/mol. The number of hydrogen-bond donors (Lipinski definition) is 1. The smallest absolute Gasteiger partial charge is 0.334 e. The summed E-state index contributed by atoms with van der Waals surface area (Å²) in [5.74, 6) is -4.03. The summed E-state index contributed by atoms with van der Waals surface area (Å²) >= 11 is 0. The number of ether oxygens (including phenoxy) is 3. The summed E-state index contributed by atoms with van der Waals surface area (Å²) in [5.41, 5.74) is -1.95. The summed E-state index contributed by atoms with van der Waals surface area (Å²) in [6, 6.07) is 0. The van der Waals surface area contributed by atoms with E-state index in [1.165, 1.54) is 26.0 Å². The molecule has 1 N–H and O–H groups in total. The van der Waals surface area contributed by atoms with E-state index in [9.17, 15) is 24.3 Å². The van der Waals surface area contributed by atoms with Gasteiger partial charge < -0.3 is 19.3 Å². The van der Waals surface area contributed by atoms with Gasteiger partial charge in [0.05, 0.1) is 5.92 Å². The van der Waals surface area contributed by atoms with Crippen LogP contribution >= 0.6 is 0 Å². The average molecular weight is 420 g/mol. The van der Waals surface area contributed by atoms with Gasteiger partial charge in [-0.2, -0.15) is 0 Å². The first-order chi connectivity index (χ1) is 13.9. The van der Waals surface area contributed by atoms with E-state index in [-0.39, 0.29) is 17.1 Å². The van der Waals surface area contributed by atoms with Gasteiger partial charge in [-0.1, -0.05) is 25.7 Å². The summed E-state index contributed by atoms with van der Waals surface area (Å²) < 4.78 is 16.4. The fourth-order valence-electron chi connectivity index (χ4n) is 3.60. The third-order valence-electron chi connectivity index (χ3n) is 5.50. The van der Waals surface area contributed by atoms with Crippen molar-refractivity contribution in [2.24, 2.45) is 11.8 Å². The molecule has 0 aromatic rings. The number of fused-ring (bicyclic) bond motifs is 1. The van der Waals surface area contributed by atoms with Crippen molar-refractivity contribution in [3.63, 3.8) is 0 Å². The second-order valence-corrected chi connectivity index (χ2v) is 7.95. The maximum absolute atomic E-state index is 12.7. The third kappa shape index (κ3) is 4.70. The number of ketones is 1. The van der Waals surface area contributed by atoms with Gasteiger partial charge in [-0.05, 0) is 39.2 Å². The number of carbonyl (C=O) groups is 4. The van der Waals surface area contributed by atoms with Crippen LogP contribution < -0.4 is 0 Å². The molecule has 1 aliphatic heterocycles. The maximum Gasteiger partial charge on any atom is 0.334 e. The molecule has 0 bridgehead atoms. The zero-order valence-corrected chi connectivity index (χ0v) is 17.8. The molecule has 1 aliphatic carbocycles. The standard InChI is InChI=1S/C22H28O8/c1-7-12(3)20(25)30-18-17-13(4)21(26)29-15(17)10-11(2)8-9-16(24)22(6,27)19(18)28-14(5)23/h7-9,11,15,17-19,27H,4,10H2,1-3,5-6H3/b9-8?,12-7+/t11-,15+,17-,18-,19+,22-/m0/s1. The normalized spacial score (nSPS) is 34.8. The molecule has 2 rings (SSSR count). The Labute approximate surface area is 175 Å². The molecule has 2 aliphatic rings. The van der Waals surface area contributed by atoms with E-state index in [2.05, 4.69) is 6.58 Å². The summed E-state index contributed by atoms with van der Waals surface area (Å²) in [6.07, 6.45) is 0.930. The highest BCUT2D eigenvalue weighted by molar-refractivity contribution is 5.98. The molecular weight excluding hydrogens is 392 g/mol. The third-order valence-corrected chi connectivity index (χ3v) is 5.50. The zero-order valence-electron chi connectivity index (χ0n) is 17.8. The van der Waals surface area contributed by atoms with E-state index < -0.39 is 53.5 Å². The van der Waals surface area contributed by atoms with Gasteiger partial charge in [0, 0.05) is 18.1 Å². The van der Waals surface area contributed by atoms with E-state index in [1.54, 1.807) is 13.0 Å². The summed E-state index contributed by atoms with van der Waals surface area (Å²) in [6.45, 7) is 11.0. The molecular formula is C22H28O8. The highest BCUT2D eigenvalue weighted by atomic mass is 16.6. The van der Waals surface area contributed by atoms with Crippen molar-refractivity contribution in [3.8, 4) is 0 Å². The number of carbonyl (C=O) groups excluding carboxylic acids is 4. The SMILES string of the molecule is C=C1C(=O)O[C@@H]2C[C@@H](C)C=CC(=O)[C@](C)(O)[C@H](OC(C)=O)[C@@H](OC(=O)/C(C)=C/C)[C@@H]12. The van der Waals surface area contributed by atoms with Crippen molar-refractivity contribution in [3.05, 3.63) is 36.0 Å². The zero-order chi connectivity index (χ0) is 22.8. The van der Waals surface area contributed by atoms with Crippen LogP contribution in [-0.4, -0.2) is 52.7 Å². The number of esters is 3. The van der Waals surface area contributed by atoms with Gasteiger partial charge in [0.1, 0.15) is 6.10 Å². The van der Waals surface area contributed by atoms with Gasteiger partial charge in [0.2, 0.25) is 0 Å². The molecule has 1 fully saturated rings. The molecule has 0 aromatic carbocycles. The van der Waals surface area contributed by atoms with Crippen molar-refractivity contribution in [2.45, 2.75) is 65.0 Å². The van der Waals surface area contributed by atoms with Crippen molar-refractivity contribution >= 4 is 23.7 Å². The van der Waals surface area contributed by atoms with Gasteiger partial charge in [0.25, 0.3) is 0 Å². The second kappa shape index (κ2) is 8.95. The van der Waals surface area contributed by atoms with Crippen LogP contribution in [0.5, 0.6) is 0 Å². The Morgan fingerprint density at radius 2 is 1.93 bits per heavy atom. The minimum absolute atomic E-state index is 0.0214. The molecule has 0 spiro atoms. The molecule has 0 aromatic heterocycles. The highest BCUT2D eigenvalue weighted by Gasteiger charge is 2.55. The van der Waals surface area contributed by atoms with Crippen molar-refractivity contribution in [2.75, 3.05) is 0 Å². The number of rotatable bonds is 3. The van der Waals surface area contributed by atoms with Gasteiger partial charge >= 0.3 is 17.9 Å². The van der Waals surface area contributed by atoms with Gasteiger partial charge in [-0.15, -0.1) is 0 Å². The molecule has 30 heavy (non-hydrogen) atoms. The Balaban J connectivity index is 2.68. The Morgan fingerprint density at radius 1 is 1.30 bits per heavy atom. The molecule has 8 nitrogen and oxygen atoms in total. The molecule has 1 heterocycles. The van der Waals surface area contributed by atoms with Gasteiger partial charge in [0.15, 0.2) is 23.6 Å². The predicted molar refractivity (Wildman–Crippen MR) is 106 cm³/mol. The minimum Gasteiger partial charge on any atom is -0.458 e. The lowest BCUT2D eigenvalue weighted by Crippen LogP contribution is -2.58. The van der Waals surface area contributed by atoms with E-state index in [4.69, 9.17) is 14.2 Å². The van der Waals surface area contributed by atoms with Crippen LogP contribution in [0, 0.1) is 11.8 Å². The van der Waals surface area contributed by atoms with Crippen LogP contribution in [0.4, 0.5) is 0 Å². The number of allylic oxidation sites excluding steroid dienone is 2. The molecule has 0 saturated carbocycles. The van der Waals surface area contributed by atoms with Crippen molar-refractivity contribution in [1.82, 2.24) is 0 Å². The molecule has 164 valence electrons.